The molecule has 1 N–H and O–H groups in total. The van der Waals surface area contributed by atoms with Crippen molar-refractivity contribution in [1.29, 1.82) is 0 Å². The number of carbonyl (C=O) groups is 1. The summed E-state index contributed by atoms with van der Waals surface area (Å²) in [6, 6.07) is 5.40. The highest BCUT2D eigenvalue weighted by atomic mass is 35.5. The third kappa shape index (κ3) is 1.82. The van der Waals surface area contributed by atoms with Gasteiger partial charge in [-0.05, 0) is 36.8 Å². The first-order chi connectivity index (χ1) is 7.09. The molecule has 15 heavy (non-hydrogen) atoms. The van der Waals surface area contributed by atoms with Crippen LogP contribution in [0.15, 0.2) is 18.2 Å². The third-order valence-corrected chi connectivity index (χ3v) is 2.82. The quantitative estimate of drug-likeness (QED) is 0.761. The summed E-state index contributed by atoms with van der Waals surface area (Å²) in [5, 5.41) is 3.86. The van der Waals surface area contributed by atoms with Crippen LogP contribution in [-0.2, 0) is 4.79 Å². The Bertz CT molecular complexity index is 431. The van der Waals surface area contributed by atoms with E-state index in [-0.39, 0.29) is 12.5 Å². The Morgan fingerprint density at radius 2 is 2.27 bits per heavy atom. The molecule has 0 saturated carbocycles. The normalized spacial score (nSPS) is 15.7. The van der Waals surface area contributed by atoms with E-state index in [4.69, 9.17) is 23.8 Å². The molecular formula is C10H9ClN2OS. The Morgan fingerprint density at radius 3 is 2.87 bits per heavy atom. The highest BCUT2D eigenvalue weighted by Gasteiger charge is 2.27. The van der Waals surface area contributed by atoms with E-state index in [0.717, 1.165) is 11.3 Å². The minimum absolute atomic E-state index is 0.0506. The summed E-state index contributed by atoms with van der Waals surface area (Å²) >= 11 is 10.9. The molecule has 1 aliphatic heterocycles. The van der Waals surface area contributed by atoms with Gasteiger partial charge in [0.1, 0.15) is 0 Å². The fourth-order valence-electron chi connectivity index (χ4n) is 1.49. The number of aryl methyl sites for hydroxylation is 1. The lowest BCUT2D eigenvalue weighted by molar-refractivity contribution is -0.115. The number of rotatable bonds is 1. The summed E-state index contributed by atoms with van der Waals surface area (Å²) in [6.45, 7) is 2.17. The zero-order valence-corrected chi connectivity index (χ0v) is 9.65. The number of anilines is 1. The molecule has 1 heterocycles. The van der Waals surface area contributed by atoms with Crippen LogP contribution in [0.5, 0.6) is 0 Å². The minimum atomic E-state index is -0.0506. The van der Waals surface area contributed by atoms with Gasteiger partial charge in [0.2, 0.25) is 0 Å². The summed E-state index contributed by atoms with van der Waals surface area (Å²) in [7, 11) is 0. The second kappa shape index (κ2) is 3.79. The van der Waals surface area contributed by atoms with Crippen LogP contribution in [0.1, 0.15) is 5.56 Å². The fourth-order valence-corrected chi connectivity index (χ4v) is 1.93. The minimum Gasteiger partial charge on any atom is -0.353 e. The largest absolute Gasteiger partial charge is 0.353 e. The highest BCUT2D eigenvalue weighted by molar-refractivity contribution is 7.80. The molecule has 0 bridgehead atoms. The van der Waals surface area contributed by atoms with Gasteiger partial charge in [-0.1, -0.05) is 17.7 Å². The van der Waals surface area contributed by atoms with Crippen molar-refractivity contribution >= 4 is 40.5 Å². The molecule has 0 aliphatic carbocycles. The molecule has 1 amide bonds. The Morgan fingerprint density at radius 1 is 1.53 bits per heavy atom. The first kappa shape index (κ1) is 10.4. The van der Waals surface area contributed by atoms with Gasteiger partial charge in [-0.25, -0.2) is 0 Å². The zero-order valence-electron chi connectivity index (χ0n) is 8.08. The van der Waals surface area contributed by atoms with E-state index in [1.54, 1.807) is 12.1 Å². The maximum atomic E-state index is 11.6. The summed E-state index contributed by atoms with van der Waals surface area (Å²) < 4.78 is 0. The number of carbonyl (C=O) groups excluding carboxylic acids is 1. The average Bonchev–Trinajstić information content (AvgIpc) is 2.51. The van der Waals surface area contributed by atoms with Crippen molar-refractivity contribution < 1.29 is 4.79 Å². The Kier molecular flexibility index (Phi) is 2.63. The molecule has 0 aromatic heterocycles. The first-order valence-electron chi connectivity index (χ1n) is 4.46. The van der Waals surface area contributed by atoms with Crippen molar-refractivity contribution in [1.82, 2.24) is 5.32 Å². The molecule has 1 fully saturated rings. The SMILES string of the molecule is Cc1ccc(Cl)cc1N1C(=O)CNC1=S. The topological polar surface area (TPSA) is 32.3 Å². The van der Waals surface area contributed by atoms with E-state index in [2.05, 4.69) is 5.32 Å². The third-order valence-electron chi connectivity index (χ3n) is 2.26. The Balaban J connectivity index is 2.48. The van der Waals surface area contributed by atoms with Gasteiger partial charge in [0.25, 0.3) is 5.91 Å². The van der Waals surface area contributed by atoms with E-state index in [1.807, 2.05) is 13.0 Å². The molecule has 78 valence electrons. The predicted molar refractivity (Wildman–Crippen MR) is 64.3 cm³/mol. The van der Waals surface area contributed by atoms with E-state index in [1.165, 1.54) is 4.90 Å². The zero-order chi connectivity index (χ0) is 11.0. The van der Waals surface area contributed by atoms with E-state index in [9.17, 15) is 4.79 Å². The van der Waals surface area contributed by atoms with Crippen LogP contribution < -0.4 is 10.2 Å². The molecule has 1 saturated heterocycles. The maximum absolute atomic E-state index is 11.6. The van der Waals surface area contributed by atoms with Crippen LogP contribution in [0.3, 0.4) is 0 Å². The summed E-state index contributed by atoms with van der Waals surface area (Å²) in [6.07, 6.45) is 0. The lowest BCUT2D eigenvalue weighted by Gasteiger charge is -2.17. The average molecular weight is 241 g/mol. The van der Waals surface area contributed by atoms with Gasteiger partial charge in [-0.15, -0.1) is 0 Å². The smallest absolute Gasteiger partial charge is 0.252 e. The second-order valence-electron chi connectivity index (χ2n) is 3.32. The van der Waals surface area contributed by atoms with Crippen LogP contribution in [0.4, 0.5) is 5.69 Å². The van der Waals surface area contributed by atoms with Gasteiger partial charge < -0.3 is 5.32 Å². The van der Waals surface area contributed by atoms with E-state index < -0.39 is 0 Å². The second-order valence-corrected chi connectivity index (χ2v) is 4.14. The van der Waals surface area contributed by atoms with Crippen LogP contribution in [-0.4, -0.2) is 17.6 Å². The lowest BCUT2D eigenvalue weighted by Crippen LogP contribution is -2.31. The van der Waals surface area contributed by atoms with Crippen molar-refractivity contribution in [3.05, 3.63) is 28.8 Å². The van der Waals surface area contributed by atoms with Crippen LogP contribution in [0.2, 0.25) is 5.02 Å². The molecule has 5 heteroatoms. The number of nitrogens with one attached hydrogen (secondary N) is 1. The monoisotopic (exact) mass is 240 g/mol. The standard InChI is InChI=1S/C10H9ClN2OS/c1-6-2-3-7(11)4-8(6)13-9(14)5-12-10(13)15/h2-4H,5H2,1H3,(H,12,15). The van der Waals surface area contributed by atoms with Gasteiger partial charge in [0.05, 0.1) is 12.2 Å². The molecule has 0 spiro atoms. The molecule has 1 aliphatic rings. The highest BCUT2D eigenvalue weighted by Crippen LogP contribution is 2.25. The van der Waals surface area contributed by atoms with Crippen molar-refractivity contribution in [2.45, 2.75) is 6.92 Å². The molecule has 0 atom stereocenters. The lowest BCUT2D eigenvalue weighted by atomic mass is 10.2. The number of thiocarbonyl (C=S) groups is 1. The predicted octanol–water partition coefficient (Wildman–Crippen LogP) is 1.87. The first-order valence-corrected chi connectivity index (χ1v) is 5.25. The number of amides is 1. The number of benzene rings is 1. The molecule has 1 aromatic rings. The van der Waals surface area contributed by atoms with Gasteiger partial charge in [-0.2, -0.15) is 0 Å². The maximum Gasteiger partial charge on any atom is 0.252 e. The van der Waals surface area contributed by atoms with Crippen LogP contribution >= 0.6 is 23.8 Å². The molecule has 3 nitrogen and oxygen atoms in total. The fraction of sp³-hybridized carbons (Fsp3) is 0.200. The van der Waals surface area contributed by atoms with Crippen molar-refractivity contribution in [3.63, 3.8) is 0 Å². The number of nitrogens with zero attached hydrogens (tertiary/aromatic N) is 1. The van der Waals surface area contributed by atoms with E-state index in [0.29, 0.717) is 10.1 Å². The Labute approximate surface area is 98.0 Å². The number of hydrogen-bond donors (Lipinski definition) is 1. The molecular weight excluding hydrogens is 232 g/mol. The van der Waals surface area contributed by atoms with Gasteiger partial charge >= 0.3 is 0 Å². The van der Waals surface area contributed by atoms with Gasteiger partial charge in [0, 0.05) is 5.02 Å². The molecule has 0 radical (unpaired) electrons. The summed E-state index contributed by atoms with van der Waals surface area (Å²) in [4.78, 5) is 13.1. The van der Waals surface area contributed by atoms with Crippen LogP contribution in [0, 0.1) is 6.92 Å². The van der Waals surface area contributed by atoms with Crippen molar-refractivity contribution in [2.75, 3.05) is 11.4 Å². The number of hydrogen-bond acceptors (Lipinski definition) is 2. The van der Waals surface area contributed by atoms with Gasteiger partial charge in [-0.3, -0.25) is 9.69 Å². The molecule has 2 rings (SSSR count). The molecule has 0 unspecified atom stereocenters. The van der Waals surface area contributed by atoms with Crippen molar-refractivity contribution in [3.8, 4) is 0 Å². The van der Waals surface area contributed by atoms with Gasteiger partial charge in [0.15, 0.2) is 5.11 Å². The van der Waals surface area contributed by atoms with E-state index >= 15 is 0 Å². The Hall–Kier alpha value is -1.13. The molecule has 1 aromatic carbocycles. The summed E-state index contributed by atoms with van der Waals surface area (Å²) in [5.74, 6) is -0.0506. The van der Waals surface area contributed by atoms with Crippen molar-refractivity contribution in [2.24, 2.45) is 0 Å². The summed E-state index contributed by atoms with van der Waals surface area (Å²) in [5.41, 5.74) is 1.72. The number of halogens is 1. The van der Waals surface area contributed by atoms with Crippen LogP contribution in [0.25, 0.3) is 0 Å².